The number of carbonyl (C=O) groups is 1. The number of nitrogens with one attached hydrogen (secondary N) is 1. The number of fused-ring (bicyclic) bond motifs is 5. The topological polar surface area (TPSA) is 69.6 Å². The Balaban J connectivity index is 1.40. The number of carbonyl (C=O) groups excluding carboxylic acids is 1. The predicted molar refractivity (Wildman–Crippen MR) is 133 cm³/mol. The highest BCUT2D eigenvalue weighted by atomic mass is 16.3. The summed E-state index contributed by atoms with van der Waals surface area (Å²) in [5.74, 6) is 4.19. The second kappa shape index (κ2) is 9.80. The molecule has 190 valence electrons. The van der Waals surface area contributed by atoms with Crippen LogP contribution in [0.25, 0.3) is 0 Å². The summed E-state index contributed by atoms with van der Waals surface area (Å²) in [4.78, 5) is 12.4. The van der Waals surface area contributed by atoms with E-state index < -0.39 is 0 Å². The zero-order valence-corrected chi connectivity index (χ0v) is 22.0. The molecule has 0 heterocycles. The van der Waals surface area contributed by atoms with Crippen LogP contribution in [0.3, 0.4) is 0 Å². The largest absolute Gasteiger partial charge is 0.393 e. The zero-order chi connectivity index (χ0) is 24.0. The Labute approximate surface area is 202 Å². The van der Waals surface area contributed by atoms with Crippen molar-refractivity contribution in [1.29, 1.82) is 0 Å². The van der Waals surface area contributed by atoms with E-state index in [1.165, 1.54) is 25.7 Å². The van der Waals surface area contributed by atoms with Gasteiger partial charge in [0, 0.05) is 13.0 Å². The molecule has 0 spiro atoms. The highest BCUT2D eigenvalue weighted by Crippen LogP contribution is 2.68. The molecule has 4 heteroatoms. The van der Waals surface area contributed by atoms with Gasteiger partial charge in [0.25, 0.3) is 0 Å². The highest BCUT2D eigenvalue weighted by molar-refractivity contribution is 5.75. The number of amides is 1. The molecule has 0 saturated heterocycles. The third-order valence-electron chi connectivity index (χ3n) is 11.3. The molecule has 0 radical (unpaired) electrons. The molecule has 4 rings (SSSR count). The number of rotatable bonds is 7. The van der Waals surface area contributed by atoms with Gasteiger partial charge in [-0.25, -0.2) is 0 Å². The van der Waals surface area contributed by atoms with Gasteiger partial charge in [0.05, 0.1) is 12.2 Å². The predicted octanol–water partition coefficient (Wildman–Crippen LogP) is 5.56. The van der Waals surface area contributed by atoms with Gasteiger partial charge in [0.2, 0.25) is 5.91 Å². The summed E-state index contributed by atoms with van der Waals surface area (Å²) in [6.45, 7) is 12.6. The smallest absolute Gasteiger partial charge is 0.220 e. The summed E-state index contributed by atoms with van der Waals surface area (Å²) >= 11 is 0. The fourth-order valence-corrected chi connectivity index (χ4v) is 9.32. The van der Waals surface area contributed by atoms with Crippen LogP contribution in [0.5, 0.6) is 0 Å². The molecule has 1 amide bonds. The van der Waals surface area contributed by atoms with Crippen LogP contribution in [0.1, 0.15) is 105 Å². The summed E-state index contributed by atoms with van der Waals surface area (Å²) in [6.07, 6.45) is 11.1. The van der Waals surface area contributed by atoms with Crippen molar-refractivity contribution in [3.05, 3.63) is 0 Å². The van der Waals surface area contributed by atoms with Gasteiger partial charge in [-0.2, -0.15) is 0 Å². The van der Waals surface area contributed by atoms with Crippen molar-refractivity contribution in [2.24, 2.45) is 52.3 Å². The van der Waals surface area contributed by atoms with E-state index in [4.69, 9.17) is 0 Å². The van der Waals surface area contributed by atoms with Gasteiger partial charge in [-0.15, -0.1) is 0 Å². The number of hydrogen-bond acceptors (Lipinski definition) is 3. The fraction of sp³-hybridized carbons (Fsp3) is 0.966. The van der Waals surface area contributed by atoms with Crippen molar-refractivity contribution in [3.63, 3.8) is 0 Å². The van der Waals surface area contributed by atoms with E-state index in [-0.39, 0.29) is 18.1 Å². The van der Waals surface area contributed by atoms with Crippen LogP contribution in [-0.2, 0) is 4.79 Å². The molecule has 33 heavy (non-hydrogen) atoms. The van der Waals surface area contributed by atoms with Crippen LogP contribution in [-0.4, -0.2) is 34.9 Å². The molecule has 4 aliphatic rings. The summed E-state index contributed by atoms with van der Waals surface area (Å²) in [5, 5.41) is 24.8. The van der Waals surface area contributed by atoms with E-state index in [0.717, 1.165) is 45.1 Å². The molecular formula is C29H51NO3. The van der Waals surface area contributed by atoms with Gasteiger partial charge in [0.1, 0.15) is 0 Å². The van der Waals surface area contributed by atoms with Crippen LogP contribution in [0, 0.1) is 52.3 Å². The molecule has 10 unspecified atom stereocenters. The van der Waals surface area contributed by atoms with Crippen LogP contribution in [0.15, 0.2) is 0 Å². The minimum Gasteiger partial charge on any atom is -0.393 e. The number of hydrogen-bond donors (Lipinski definition) is 3. The Morgan fingerprint density at radius 1 is 0.939 bits per heavy atom. The van der Waals surface area contributed by atoms with Gasteiger partial charge in [-0.3, -0.25) is 4.79 Å². The highest BCUT2D eigenvalue weighted by Gasteiger charge is 2.62. The summed E-state index contributed by atoms with van der Waals surface area (Å²) < 4.78 is 0. The first-order valence-electron chi connectivity index (χ1n) is 14.2. The van der Waals surface area contributed by atoms with E-state index in [1.54, 1.807) is 0 Å². The quantitative estimate of drug-likeness (QED) is 0.465. The van der Waals surface area contributed by atoms with Crippen molar-refractivity contribution in [1.82, 2.24) is 5.32 Å². The molecule has 10 atom stereocenters. The van der Waals surface area contributed by atoms with Crippen LogP contribution >= 0.6 is 0 Å². The molecule has 0 bridgehead atoms. The van der Waals surface area contributed by atoms with Gasteiger partial charge in [-0.05, 0) is 116 Å². The SMILES string of the molecule is CC(C)CCNC(=O)CCC(C)C1CCC2C3C(O)CC4CC(O)CCC4(C)C3CCC12C. The molecule has 0 aliphatic heterocycles. The van der Waals surface area contributed by atoms with Gasteiger partial charge in [0.15, 0.2) is 0 Å². The Hall–Kier alpha value is -0.610. The first kappa shape index (κ1) is 25.5. The average molecular weight is 462 g/mol. The molecule has 0 aromatic rings. The maximum atomic E-state index is 12.4. The lowest BCUT2D eigenvalue weighted by molar-refractivity contribution is -0.174. The molecule has 4 saturated carbocycles. The van der Waals surface area contributed by atoms with Crippen molar-refractivity contribution < 1.29 is 15.0 Å². The van der Waals surface area contributed by atoms with Crippen molar-refractivity contribution in [2.75, 3.05) is 6.54 Å². The monoisotopic (exact) mass is 461 g/mol. The van der Waals surface area contributed by atoms with E-state index in [1.807, 2.05) is 0 Å². The van der Waals surface area contributed by atoms with E-state index in [9.17, 15) is 15.0 Å². The normalized spacial score (nSPS) is 45.8. The molecular weight excluding hydrogens is 410 g/mol. The fourth-order valence-electron chi connectivity index (χ4n) is 9.32. The standard InChI is InChI=1S/C29H51NO3/c1-18(2)12-15-30-26(33)9-6-19(3)22-7-8-23-27-24(11-14-29(22,23)5)28(4)13-10-21(31)16-20(28)17-25(27)32/h18-25,27,31-32H,6-17H2,1-5H3,(H,30,33). The lowest BCUT2D eigenvalue weighted by Crippen LogP contribution is -2.58. The first-order chi connectivity index (χ1) is 15.6. The van der Waals surface area contributed by atoms with E-state index in [0.29, 0.717) is 58.7 Å². The maximum absolute atomic E-state index is 12.4. The Bertz CT molecular complexity index is 694. The second-order valence-electron chi connectivity index (χ2n) is 13.5. The van der Waals surface area contributed by atoms with Gasteiger partial charge in [-0.1, -0.05) is 34.6 Å². The van der Waals surface area contributed by atoms with E-state index in [2.05, 4.69) is 39.9 Å². The molecule has 4 nitrogen and oxygen atoms in total. The zero-order valence-electron chi connectivity index (χ0n) is 22.0. The summed E-state index contributed by atoms with van der Waals surface area (Å²) in [7, 11) is 0. The summed E-state index contributed by atoms with van der Waals surface area (Å²) in [5.41, 5.74) is 0.593. The third kappa shape index (κ3) is 4.77. The van der Waals surface area contributed by atoms with Crippen molar-refractivity contribution >= 4 is 5.91 Å². The van der Waals surface area contributed by atoms with Gasteiger partial charge < -0.3 is 15.5 Å². The maximum Gasteiger partial charge on any atom is 0.220 e. The van der Waals surface area contributed by atoms with Crippen LogP contribution in [0.2, 0.25) is 0 Å². The molecule has 0 aromatic heterocycles. The average Bonchev–Trinajstić information content (AvgIpc) is 3.10. The van der Waals surface area contributed by atoms with E-state index >= 15 is 0 Å². The van der Waals surface area contributed by atoms with Crippen LogP contribution in [0.4, 0.5) is 0 Å². The Kier molecular flexibility index (Phi) is 7.57. The summed E-state index contributed by atoms with van der Waals surface area (Å²) in [6, 6.07) is 0. The Morgan fingerprint density at radius 2 is 1.64 bits per heavy atom. The first-order valence-corrected chi connectivity index (χ1v) is 14.2. The molecule has 4 aliphatic carbocycles. The van der Waals surface area contributed by atoms with Crippen LogP contribution < -0.4 is 5.32 Å². The minimum atomic E-state index is -0.205. The third-order valence-corrected chi connectivity index (χ3v) is 11.3. The number of aliphatic hydroxyl groups is 2. The lowest BCUT2D eigenvalue weighted by atomic mass is 9.43. The minimum absolute atomic E-state index is 0.167. The molecule has 0 aromatic carbocycles. The van der Waals surface area contributed by atoms with Gasteiger partial charge >= 0.3 is 0 Å². The second-order valence-corrected chi connectivity index (χ2v) is 13.5. The number of aliphatic hydroxyl groups excluding tert-OH is 2. The Morgan fingerprint density at radius 3 is 2.36 bits per heavy atom. The lowest BCUT2D eigenvalue weighted by Gasteiger charge is -2.62. The van der Waals surface area contributed by atoms with Crippen molar-refractivity contribution in [3.8, 4) is 0 Å². The van der Waals surface area contributed by atoms with Crippen molar-refractivity contribution in [2.45, 2.75) is 117 Å². The molecule has 3 N–H and O–H groups in total. The molecule has 4 fully saturated rings.